The van der Waals surface area contributed by atoms with Crippen LogP contribution >= 0.6 is 0 Å². The van der Waals surface area contributed by atoms with Crippen molar-refractivity contribution in [3.05, 3.63) is 35.7 Å². The van der Waals surface area contributed by atoms with E-state index in [4.69, 9.17) is 9.72 Å². The maximum absolute atomic E-state index is 5.23. The summed E-state index contributed by atoms with van der Waals surface area (Å²) < 4.78 is 7.43. The third kappa shape index (κ3) is 3.58. The zero-order valence-corrected chi connectivity index (χ0v) is 16.7. The lowest BCUT2D eigenvalue weighted by Gasteiger charge is -2.40. The molecule has 1 aliphatic carbocycles. The van der Waals surface area contributed by atoms with Gasteiger partial charge in [0, 0.05) is 58.3 Å². The van der Waals surface area contributed by atoms with E-state index in [0.717, 1.165) is 44.4 Å². The van der Waals surface area contributed by atoms with Gasteiger partial charge in [0.2, 0.25) is 5.95 Å². The Balaban J connectivity index is 1.53. The van der Waals surface area contributed by atoms with Crippen LogP contribution < -0.4 is 4.90 Å². The molecule has 7 nitrogen and oxygen atoms in total. The smallest absolute Gasteiger partial charge is 0.225 e. The minimum absolute atomic E-state index is 0.172. The summed E-state index contributed by atoms with van der Waals surface area (Å²) in [6, 6.07) is 0. The van der Waals surface area contributed by atoms with Crippen LogP contribution in [0.3, 0.4) is 0 Å². The van der Waals surface area contributed by atoms with Gasteiger partial charge < -0.3 is 14.2 Å². The van der Waals surface area contributed by atoms with Crippen LogP contribution in [-0.2, 0) is 29.7 Å². The summed E-state index contributed by atoms with van der Waals surface area (Å²) >= 11 is 0. The molecule has 0 amide bonds. The van der Waals surface area contributed by atoms with E-state index >= 15 is 0 Å². The van der Waals surface area contributed by atoms with Gasteiger partial charge >= 0.3 is 0 Å². The van der Waals surface area contributed by atoms with Crippen LogP contribution in [0.25, 0.3) is 0 Å². The topological polar surface area (TPSA) is 59.3 Å². The van der Waals surface area contributed by atoms with Crippen molar-refractivity contribution in [2.75, 3.05) is 45.8 Å². The van der Waals surface area contributed by atoms with Gasteiger partial charge in [0.1, 0.15) is 5.82 Å². The van der Waals surface area contributed by atoms with Crippen LogP contribution in [0.1, 0.15) is 36.3 Å². The lowest BCUT2D eigenvalue weighted by Crippen LogP contribution is -2.45. The Labute approximate surface area is 161 Å². The maximum atomic E-state index is 5.23. The molecule has 1 aliphatic heterocycles. The van der Waals surface area contributed by atoms with Gasteiger partial charge in [0.15, 0.2) is 0 Å². The highest BCUT2D eigenvalue weighted by atomic mass is 16.5. The number of anilines is 1. The highest BCUT2D eigenvalue weighted by molar-refractivity contribution is 5.39. The molecule has 1 saturated heterocycles. The molecule has 0 saturated carbocycles. The van der Waals surface area contributed by atoms with Crippen LogP contribution in [0, 0.1) is 0 Å². The Kier molecular flexibility index (Phi) is 5.14. The van der Waals surface area contributed by atoms with Crippen LogP contribution in [-0.4, -0.2) is 65.3 Å². The van der Waals surface area contributed by atoms with Crippen LogP contribution in [0.4, 0.5) is 5.95 Å². The normalized spacial score (nSPS) is 22.3. The van der Waals surface area contributed by atoms with Gasteiger partial charge in [-0.25, -0.2) is 15.0 Å². The minimum Gasteiger partial charge on any atom is -0.383 e. The molecule has 1 fully saturated rings. The second-order valence-electron chi connectivity index (χ2n) is 8.06. The highest BCUT2D eigenvalue weighted by Crippen LogP contribution is 2.44. The second-order valence-corrected chi connectivity index (χ2v) is 8.06. The number of imidazole rings is 1. The Morgan fingerprint density at radius 1 is 1.26 bits per heavy atom. The zero-order chi connectivity index (χ0) is 18.9. The number of aryl methyl sites for hydroxylation is 1. The standard InChI is InChI=1S/C20H30N6O/c1-24(2)19-22-13-16-5-7-20(18(16)23-19)6-4-9-25(15-20)14-17-21-8-10-26(17)11-12-27-3/h8,10,13H,4-7,9,11-12,14-15H2,1-3H3. The number of hydrogen-bond acceptors (Lipinski definition) is 6. The van der Waals surface area contributed by atoms with Gasteiger partial charge in [-0.05, 0) is 37.8 Å². The van der Waals surface area contributed by atoms with Gasteiger partial charge in [0.25, 0.3) is 0 Å². The first-order valence-corrected chi connectivity index (χ1v) is 9.86. The molecule has 146 valence electrons. The van der Waals surface area contributed by atoms with Gasteiger partial charge in [-0.1, -0.05) is 0 Å². The summed E-state index contributed by atoms with van der Waals surface area (Å²) in [4.78, 5) is 18.6. The number of methoxy groups -OCH3 is 1. The number of likely N-dealkylation sites (tertiary alicyclic amines) is 1. The molecule has 2 aliphatic rings. The largest absolute Gasteiger partial charge is 0.383 e. The van der Waals surface area contributed by atoms with Crippen molar-refractivity contribution >= 4 is 5.95 Å². The van der Waals surface area contributed by atoms with Crippen molar-refractivity contribution in [2.45, 2.75) is 44.2 Å². The molecule has 0 radical (unpaired) electrons. The monoisotopic (exact) mass is 370 g/mol. The summed E-state index contributed by atoms with van der Waals surface area (Å²) in [7, 11) is 5.76. The van der Waals surface area contributed by atoms with Gasteiger partial charge in [-0.15, -0.1) is 0 Å². The Morgan fingerprint density at radius 2 is 2.15 bits per heavy atom. The van der Waals surface area contributed by atoms with Crippen molar-refractivity contribution in [1.82, 2.24) is 24.4 Å². The van der Waals surface area contributed by atoms with Crippen LogP contribution in [0.5, 0.6) is 0 Å². The van der Waals surface area contributed by atoms with E-state index in [9.17, 15) is 0 Å². The first kappa shape index (κ1) is 18.4. The summed E-state index contributed by atoms with van der Waals surface area (Å²) in [5.74, 6) is 1.95. The molecule has 2 aromatic heterocycles. The van der Waals surface area contributed by atoms with Crippen molar-refractivity contribution in [2.24, 2.45) is 0 Å². The predicted molar refractivity (Wildman–Crippen MR) is 105 cm³/mol. The number of hydrogen-bond donors (Lipinski definition) is 0. The average molecular weight is 371 g/mol. The Morgan fingerprint density at radius 3 is 2.96 bits per heavy atom. The molecule has 3 heterocycles. The van der Waals surface area contributed by atoms with Crippen molar-refractivity contribution in [3.8, 4) is 0 Å². The van der Waals surface area contributed by atoms with Gasteiger partial charge in [-0.3, -0.25) is 4.90 Å². The molecule has 4 rings (SSSR count). The summed E-state index contributed by atoms with van der Waals surface area (Å²) in [5.41, 5.74) is 2.79. The van der Waals surface area contributed by atoms with E-state index in [1.165, 1.54) is 30.5 Å². The summed E-state index contributed by atoms with van der Waals surface area (Å²) in [5, 5.41) is 0. The first-order valence-electron chi connectivity index (χ1n) is 9.86. The predicted octanol–water partition coefficient (Wildman–Crippen LogP) is 1.87. The van der Waals surface area contributed by atoms with Crippen LogP contribution in [0.2, 0.25) is 0 Å². The minimum atomic E-state index is 0.172. The maximum Gasteiger partial charge on any atom is 0.225 e. The van der Waals surface area contributed by atoms with Crippen molar-refractivity contribution < 1.29 is 4.74 Å². The molecule has 2 aromatic rings. The number of fused-ring (bicyclic) bond motifs is 2. The molecule has 1 spiro atoms. The third-order valence-corrected chi connectivity index (χ3v) is 5.99. The SMILES string of the molecule is COCCn1ccnc1CN1CCCC2(CCc3cnc(N(C)C)nc32)C1. The average Bonchev–Trinajstić information content (AvgIpc) is 3.25. The Bertz CT molecular complexity index is 785. The molecule has 0 bridgehead atoms. The van der Waals surface area contributed by atoms with Crippen molar-refractivity contribution in [3.63, 3.8) is 0 Å². The van der Waals surface area contributed by atoms with E-state index < -0.39 is 0 Å². The number of piperidine rings is 1. The van der Waals surface area contributed by atoms with E-state index in [1.807, 2.05) is 31.4 Å². The highest BCUT2D eigenvalue weighted by Gasteiger charge is 2.43. The molecule has 27 heavy (non-hydrogen) atoms. The molecular weight excluding hydrogens is 340 g/mol. The number of ether oxygens (including phenoxy) is 1. The van der Waals surface area contributed by atoms with E-state index in [1.54, 1.807) is 7.11 Å². The lowest BCUT2D eigenvalue weighted by atomic mass is 9.77. The second kappa shape index (κ2) is 7.56. The quantitative estimate of drug-likeness (QED) is 0.774. The van der Waals surface area contributed by atoms with E-state index in [2.05, 4.69) is 25.6 Å². The number of rotatable bonds is 6. The van der Waals surface area contributed by atoms with Crippen molar-refractivity contribution in [1.29, 1.82) is 0 Å². The zero-order valence-electron chi connectivity index (χ0n) is 16.7. The lowest BCUT2D eigenvalue weighted by molar-refractivity contribution is 0.131. The Hall–Kier alpha value is -1.99. The fourth-order valence-electron chi connectivity index (χ4n) is 4.59. The summed E-state index contributed by atoms with van der Waals surface area (Å²) in [6.07, 6.45) is 10.7. The molecular formula is C20H30N6O. The molecule has 1 unspecified atom stereocenters. The molecule has 0 aromatic carbocycles. The third-order valence-electron chi connectivity index (χ3n) is 5.99. The number of aromatic nitrogens is 4. The van der Waals surface area contributed by atoms with E-state index in [0.29, 0.717) is 6.61 Å². The molecule has 1 atom stereocenters. The molecule has 0 N–H and O–H groups in total. The fraction of sp³-hybridized carbons (Fsp3) is 0.650. The molecule has 7 heteroatoms. The number of nitrogens with zero attached hydrogens (tertiary/aromatic N) is 6. The van der Waals surface area contributed by atoms with Gasteiger partial charge in [0.05, 0.1) is 18.8 Å². The van der Waals surface area contributed by atoms with E-state index in [-0.39, 0.29) is 5.41 Å². The fourth-order valence-corrected chi connectivity index (χ4v) is 4.59. The van der Waals surface area contributed by atoms with Gasteiger partial charge in [-0.2, -0.15) is 0 Å². The summed E-state index contributed by atoms with van der Waals surface area (Å²) in [6.45, 7) is 4.64. The first-order chi connectivity index (χ1) is 13.1. The van der Waals surface area contributed by atoms with Crippen LogP contribution in [0.15, 0.2) is 18.6 Å².